The van der Waals surface area contributed by atoms with Gasteiger partial charge in [-0.3, -0.25) is 0 Å². The highest BCUT2D eigenvalue weighted by Crippen LogP contribution is 2.33. The molecule has 2 aromatic rings. The number of nitrogens with zero attached hydrogens (tertiary/aromatic N) is 4. The lowest BCUT2D eigenvalue weighted by Crippen LogP contribution is -2.07. The minimum Gasteiger partial charge on any atom is -0.493 e. The number of nitrogens with two attached hydrogens (primary N) is 1. The summed E-state index contributed by atoms with van der Waals surface area (Å²) in [7, 11) is 0. The van der Waals surface area contributed by atoms with E-state index in [1.54, 1.807) is 4.68 Å². The second-order valence-corrected chi connectivity index (χ2v) is 5.42. The van der Waals surface area contributed by atoms with E-state index in [1.807, 2.05) is 25.1 Å². The van der Waals surface area contributed by atoms with Gasteiger partial charge in [-0.1, -0.05) is 19.9 Å². The van der Waals surface area contributed by atoms with Crippen molar-refractivity contribution in [2.45, 2.75) is 40.2 Å². The van der Waals surface area contributed by atoms with Gasteiger partial charge in [0.25, 0.3) is 0 Å². The van der Waals surface area contributed by atoms with E-state index in [1.165, 1.54) is 0 Å². The zero-order valence-electron chi connectivity index (χ0n) is 12.9. The summed E-state index contributed by atoms with van der Waals surface area (Å²) < 4.78 is 7.45. The highest BCUT2D eigenvalue weighted by molar-refractivity contribution is 5.77. The number of aryl methyl sites for hydroxylation is 1. The molecule has 0 saturated heterocycles. The van der Waals surface area contributed by atoms with Crippen LogP contribution < -0.4 is 10.5 Å². The van der Waals surface area contributed by atoms with Crippen molar-refractivity contribution in [3.05, 3.63) is 18.2 Å². The fourth-order valence-electron chi connectivity index (χ4n) is 2.25. The number of anilines is 1. The lowest BCUT2D eigenvalue weighted by atomic mass is 10.1. The summed E-state index contributed by atoms with van der Waals surface area (Å²) in [5.41, 5.74) is 7.50. The Balaban J connectivity index is 2.28. The largest absolute Gasteiger partial charge is 0.493 e. The molecule has 1 aromatic carbocycles. The fourth-order valence-corrected chi connectivity index (χ4v) is 2.25. The van der Waals surface area contributed by atoms with Crippen molar-refractivity contribution < 1.29 is 4.74 Å². The summed E-state index contributed by atoms with van der Waals surface area (Å²) in [5, 5.41) is 12.0. The van der Waals surface area contributed by atoms with E-state index in [-0.39, 0.29) is 0 Å². The van der Waals surface area contributed by atoms with Crippen LogP contribution in [0.5, 0.6) is 5.75 Å². The Morgan fingerprint density at radius 2 is 2.14 bits per heavy atom. The topological polar surface area (TPSA) is 78.8 Å². The van der Waals surface area contributed by atoms with Crippen molar-refractivity contribution in [3.8, 4) is 17.1 Å². The van der Waals surface area contributed by atoms with E-state index in [0.717, 1.165) is 30.7 Å². The Morgan fingerprint density at radius 3 is 2.86 bits per heavy atom. The van der Waals surface area contributed by atoms with Gasteiger partial charge in [-0.2, -0.15) is 0 Å². The molecule has 0 amide bonds. The maximum absolute atomic E-state index is 6.10. The number of benzene rings is 1. The molecule has 0 unspecified atom stereocenters. The van der Waals surface area contributed by atoms with Gasteiger partial charge in [0, 0.05) is 12.2 Å². The summed E-state index contributed by atoms with van der Waals surface area (Å²) >= 11 is 0. The van der Waals surface area contributed by atoms with Crippen molar-refractivity contribution in [2.75, 3.05) is 12.3 Å². The zero-order chi connectivity index (χ0) is 15.2. The number of hydrogen-bond acceptors (Lipinski definition) is 5. The van der Waals surface area contributed by atoms with Gasteiger partial charge in [0.15, 0.2) is 5.82 Å². The van der Waals surface area contributed by atoms with Crippen LogP contribution in [-0.4, -0.2) is 26.8 Å². The van der Waals surface area contributed by atoms with E-state index >= 15 is 0 Å². The second-order valence-electron chi connectivity index (χ2n) is 5.42. The lowest BCUT2D eigenvalue weighted by molar-refractivity contribution is 0.341. The van der Waals surface area contributed by atoms with Crippen LogP contribution in [0.25, 0.3) is 11.4 Å². The van der Waals surface area contributed by atoms with Gasteiger partial charge in [0.05, 0.1) is 12.2 Å². The summed E-state index contributed by atoms with van der Waals surface area (Å²) in [5.74, 6) is 2.06. The summed E-state index contributed by atoms with van der Waals surface area (Å²) in [6.45, 7) is 7.72. The molecule has 0 aliphatic carbocycles. The molecule has 6 nitrogen and oxygen atoms in total. The molecule has 0 radical (unpaired) electrons. The molecular formula is C15H23N5O. The van der Waals surface area contributed by atoms with E-state index in [9.17, 15) is 0 Å². The smallest absolute Gasteiger partial charge is 0.187 e. The van der Waals surface area contributed by atoms with Crippen molar-refractivity contribution in [1.29, 1.82) is 0 Å². The van der Waals surface area contributed by atoms with E-state index in [0.29, 0.717) is 24.0 Å². The monoisotopic (exact) mass is 289 g/mol. The Bertz CT molecular complexity index is 579. The van der Waals surface area contributed by atoms with Crippen LogP contribution in [0.3, 0.4) is 0 Å². The van der Waals surface area contributed by atoms with Crippen molar-refractivity contribution >= 4 is 5.69 Å². The minimum absolute atomic E-state index is 0.575. The molecular weight excluding hydrogens is 266 g/mol. The molecule has 0 spiro atoms. The van der Waals surface area contributed by atoms with E-state index in [4.69, 9.17) is 10.5 Å². The van der Waals surface area contributed by atoms with E-state index in [2.05, 4.69) is 29.4 Å². The van der Waals surface area contributed by atoms with Gasteiger partial charge < -0.3 is 10.5 Å². The highest BCUT2D eigenvalue weighted by Gasteiger charge is 2.17. The van der Waals surface area contributed by atoms with Crippen molar-refractivity contribution in [2.24, 2.45) is 5.92 Å². The van der Waals surface area contributed by atoms with Gasteiger partial charge in [0.1, 0.15) is 5.75 Å². The average molecular weight is 289 g/mol. The quantitative estimate of drug-likeness (QED) is 0.793. The van der Waals surface area contributed by atoms with Gasteiger partial charge in [-0.25, -0.2) is 4.68 Å². The van der Waals surface area contributed by atoms with Crippen molar-refractivity contribution in [3.63, 3.8) is 0 Å². The first-order chi connectivity index (χ1) is 10.1. The Kier molecular flexibility index (Phi) is 5.14. The van der Waals surface area contributed by atoms with Gasteiger partial charge in [-0.15, -0.1) is 5.10 Å². The molecule has 0 aliphatic rings. The molecule has 2 N–H and O–H groups in total. The first kappa shape index (κ1) is 15.3. The molecule has 0 atom stereocenters. The molecule has 114 valence electrons. The number of nitrogen functional groups attached to an aromatic ring is 1. The predicted octanol–water partition coefficient (Wildman–Crippen LogP) is 2.76. The van der Waals surface area contributed by atoms with Crippen LogP contribution in [0, 0.1) is 5.92 Å². The summed E-state index contributed by atoms with van der Waals surface area (Å²) in [6, 6.07) is 5.60. The predicted molar refractivity (Wildman–Crippen MR) is 82.9 cm³/mol. The third-order valence-electron chi connectivity index (χ3n) is 3.27. The molecule has 0 bridgehead atoms. The van der Waals surface area contributed by atoms with Crippen LogP contribution >= 0.6 is 0 Å². The molecule has 0 aliphatic heterocycles. The number of aromatic nitrogens is 4. The SMILES string of the molecule is CCOc1cccc(N)c1-c1nnnn1CCCC(C)C. The lowest BCUT2D eigenvalue weighted by Gasteiger charge is -2.12. The molecule has 6 heteroatoms. The highest BCUT2D eigenvalue weighted by atomic mass is 16.5. The number of ether oxygens (including phenoxy) is 1. The Hall–Kier alpha value is -2.11. The zero-order valence-corrected chi connectivity index (χ0v) is 12.9. The van der Waals surface area contributed by atoms with E-state index < -0.39 is 0 Å². The van der Waals surface area contributed by atoms with Crippen LogP contribution in [-0.2, 0) is 6.54 Å². The number of hydrogen-bond donors (Lipinski definition) is 1. The molecule has 2 rings (SSSR count). The van der Waals surface area contributed by atoms with Crippen LogP contribution in [0.2, 0.25) is 0 Å². The Morgan fingerprint density at radius 1 is 1.33 bits per heavy atom. The number of tetrazole rings is 1. The first-order valence-electron chi connectivity index (χ1n) is 7.41. The fraction of sp³-hybridized carbons (Fsp3) is 0.533. The summed E-state index contributed by atoms with van der Waals surface area (Å²) in [6.07, 6.45) is 2.17. The maximum atomic E-state index is 6.10. The Labute approximate surface area is 125 Å². The van der Waals surface area contributed by atoms with Gasteiger partial charge in [-0.05, 0) is 48.2 Å². The molecule has 1 heterocycles. The van der Waals surface area contributed by atoms with Gasteiger partial charge in [0.2, 0.25) is 0 Å². The molecule has 21 heavy (non-hydrogen) atoms. The average Bonchev–Trinajstić information content (AvgIpc) is 2.87. The molecule has 1 aromatic heterocycles. The molecule has 0 saturated carbocycles. The summed E-state index contributed by atoms with van der Waals surface area (Å²) in [4.78, 5) is 0. The third kappa shape index (κ3) is 3.71. The van der Waals surface area contributed by atoms with Crippen LogP contribution in [0.15, 0.2) is 18.2 Å². The van der Waals surface area contributed by atoms with Gasteiger partial charge >= 0.3 is 0 Å². The van der Waals surface area contributed by atoms with Crippen LogP contribution in [0.1, 0.15) is 33.6 Å². The molecule has 0 fully saturated rings. The standard InChI is InChI=1S/C15H23N5O/c1-4-21-13-9-5-8-12(16)14(13)15-17-18-19-20(15)10-6-7-11(2)3/h5,8-9,11H,4,6-7,10,16H2,1-3H3. The minimum atomic E-state index is 0.575. The maximum Gasteiger partial charge on any atom is 0.187 e. The second kappa shape index (κ2) is 7.06. The number of rotatable bonds is 7. The first-order valence-corrected chi connectivity index (χ1v) is 7.41. The van der Waals surface area contributed by atoms with Crippen LogP contribution in [0.4, 0.5) is 5.69 Å². The third-order valence-corrected chi connectivity index (χ3v) is 3.27. The normalized spacial score (nSPS) is 11.0. The van der Waals surface area contributed by atoms with Crippen molar-refractivity contribution in [1.82, 2.24) is 20.2 Å².